The van der Waals surface area contributed by atoms with Crippen molar-refractivity contribution in [2.45, 2.75) is 207 Å². The fourth-order valence-corrected chi connectivity index (χ4v) is 12.6. The van der Waals surface area contributed by atoms with Crippen molar-refractivity contribution in [1.82, 2.24) is 4.90 Å². The number of rotatable bonds is 5. The zero-order valence-electron chi connectivity index (χ0n) is 73.5. The van der Waals surface area contributed by atoms with Gasteiger partial charge in [-0.1, -0.05) is 311 Å². The van der Waals surface area contributed by atoms with Crippen LogP contribution in [-0.4, -0.2) is 18.1 Å². The fraction of sp³-hybridized carbons (Fsp3) is 0.333. The van der Waals surface area contributed by atoms with Gasteiger partial charge in [-0.3, -0.25) is 0 Å². The number of aryl methyl sites for hydroxylation is 9. The molecule has 0 saturated carbocycles. The van der Waals surface area contributed by atoms with Gasteiger partial charge in [-0.15, -0.1) is 0 Å². The van der Waals surface area contributed by atoms with E-state index in [2.05, 4.69) is 385 Å². The SMILES string of the molecule is C.C.CC.CC.CC.CC.CC.CC.CC.CC.CC.CC.Cc1ccc2c(c1-c1cccc[n+]1C)Cc1ccccc1-2.Cc1ccccc1-c1c2ccccc2cc[n+]1C.Cc1ccccc1-c1cc2ccccc2c[n+]1C.Cc1ccccc1-c1ccc2ccccc2[n+]1C.Cc1ccccc1N1C=CN(C)[C@@H]1C. The third-order valence-electron chi connectivity index (χ3n) is 17.7. The van der Waals surface area contributed by atoms with Crippen LogP contribution in [0.1, 0.15) is 199 Å². The third kappa shape index (κ3) is 27.9. The molecule has 596 valence electrons. The number of nitrogens with zero attached hydrogens (tertiary/aromatic N) is 6. The van der Waals surface area contributed by atoms with Gasteiger partial charge in [-0.2, -0.15) is 4.57 Å². The Morgan fingerprint density at radius 3 is 1.31 bits per heavy atom. The molecule has 0 bridgehead atoms. The van der Waals surface area contributed by atoms with Crippen molar-refractivity contribution >= 4 is 38.1 Å². The first kappa shape index (κ1) is 103. The Labute approximate surface area is 679 Å². The first-order valence-electron chi connectivity index (χ1n) is 41.0. The highest BCUT2D eigenvalue weighted by Crippen LogP contribution is 2.42. The Bertz CT molecular complexity index is 4660. The molecule has 9 aromatic carbocycles. The van der Waals surface area contributed by atoms with Gasteiger partial charge in [0.1, 0.15) is 34.4 Å². The van der Waals surface area contributed by atoms with Gasteiger partial charge in [-0.05, 0) is 163 Å². The van der Waals surface area contributed by atoms with Crippen LogP contribution in [0.15, 0.2) is 280 Å². The topological polar surface area (TPSA) is 22.0 Å². The van der Waals surface area contributed by atoms with Gasteiger partial charge in [0.25, 0.3) is 0 Å². The van der Waals surface area contributed by atoms with Gasteiger partial charge in [0, 0.05) is 89.0 Å². The van der Waals surface area contributed by atoms with Crippen LogP contribution in [0.5, 0.6) is 0 Å². The van der Waals surface area contributed by atoms with E-state index in [0.717, 1.165) is 6.42 Å². The van der Waals surface area contributed by atoms with Crippen molar-refractivity contribution < 1.29 is 18.3 Å². The van der Waals surface area contributed by atoms with E-state index in [1.165, 1.54) is 133 Å². The largest absolute Gasteiger partial charge is 0.359 e. The third-order valence-corrected chi connectivity index (χ3v) is 17.7. The van der Waals surface area contributed by atoms with Crippen molar-refractivity contribution in [2.24, 2.45) is 28.2 Å². The Balaban J connectivity index is 0. The zero-order chi connectivity index (χ0) is 82.1. The van der Waals surface area contributed by atoms with E-state index >= 15 is 0 Å². The predicted octanol–water partition coefficient (Wildman–Crippen LogP) is 29.1. The van der Waals surface area contributed by atoms with Crippen molar-refractivity contribution in [2.75, 3.05) is 11.9 Å². The van der Waals surface area contributed by atoms with Crippen LogP contribution in [0, 0.1) is 34.6 Å². The lowest BCUT2D eigenvalue weighted by molar-refractivity contribution is -0.660. The molecular weight excluding hydrogens is 1350 g/mol. The second kappa shape index (κ2) is 57.7. The Hall–Kier alpha value is -10.3. The fourth-order valence-electron chi connectivity index (χ4n) is 12.6. The number of hydrogen-bond acceptors (Lipinski definition) is 2. The first-order chi connectivity index (χ1) is 53.2. The molecule has 0 unspecified atom stereocenters. The summed E-state index contributed by atoms with van der Waals surface area (Å²) in [6.07, 6.45) is 12.1. The molecule has 0 spiro atoms. The number of anilines is 1. The molecule has 0 fully saturated rings. The summed E-state index contributed by atoms with van der Waals surface area (Å²) in [7, 11) is 10.6. The molecule has 0 N–H and O–H groups in total. The zero-order valence-corrected chi connectivity index (χ0v) is 73.5. The molecule has 1 aliphatic carbocycles. The van der Waals surface area contributed by atoms with E-state index < -0.39 is 0 Å². The molecule has 5 heterocycles. The Morgan fingerprint density at radius 2 is 0.775 bits per heavy atom. The number of fused-ring (bicyclic) bond motifs is 6. The number of hydrogen-bond donors (Lipinski definition) is 0. The molecule has 0 amide bonds. The minimum absolute atomic E-state index is 0. The molecule has 0 saturated heterocycles. The van der Waals surface area contributed by atoms with Gasteiger partial charge in [0.05, 0.1) is 10.9 Å². The van der Waals surface area contributed by atoms with Crippen LogP contribution in [0.4, 0.5) is 5.69 Å². The van der Waals surface area contributed by atoms with Crippen LogP contribution in [0.3, 0.4) is 0 Å². The minimum atomic E-state index is 0. The van der Waals surface area contributed by atoms with Crippen LogP contribution >= 0.6 is 0 Å². The highest BCUT2D eigenvalue weighted by atomic mass is 15.4. The van der Waals surface area contributed by atoms with Crippen molar-refractivity contribution in [3.8, 4) is 56.2 Å². The van der Waals surface area contributed by atoms with Crippen molar-refractivity contribution in [1.29, 1.82) is 0 Å². The molecule has 1 aliphatic heterocycles. The number of aromatic nitrogens is 4. The molecule has 2 aliphatic rings. The van der Waals surface area contributed by atoms with Crippen LogP contribution in [0.25, 0.3) is 88.6 Å². The highest BCUT2D eigenvalue weighted by Gasteiger charge is 2.26. The minimum Gasteiger partial charge on any atom is -0.359 e. The predicted molar refractivity (Wildman–Crippen MR) is 499 cm³/mol. The molecule has 0 radical (unpaired) electrons. The summed E-state index contributed by atoms with van der Waals surface area (Å²) in [6.45, 7) is 53.0. The van der Waals surface area contributed by atoms with Gasteiger partial charge < -0.3 is 9.80 Å². The summed E-state index contributed by atoms with van der Waals surface area (Å²) >= 11 is 0. The lowest BCUT2D eigenvalue weighted by atomic mass is 9.94. The van der Waals surface area contributed by atoms with Crippen molar-refractivity contribution in [3.05, 3.63) is 319 Å². The van der Waals surface area contributed by atoms with Gasteiger partial charge in [0.2, 0.25) is 28.3 Å². The van der Waals surface area contributed by atoms with E-state index in [-0.39, 0.29) is 14.9 Å². The molecule has 4 aromatic heterocycles. The average Bonchev–Trinajstić information content (AvgIpc) is 1.61. The highest BCUT2D eigenvalue weighted by molar-refractivity contribution is 5.93. The van der Waals surface area contributed by atoms with Crippen molar-refractivity contribution in [3.63, 3.8) is 0 Å². The Kier molecular flexibility index (Phi) is 53.4. The Morgan fingerprint density at radius 1 is 0.324 bits per heavy atom. The summed E-state index contributed by atoms with van der Waals surface area (Å²) in [4.78, 5) is 4.49. The molecular formula is C105H150N6+4. The molecule has 1 atom stereocenters. The quantitative estimate of drug-likeness (QED) is 0.160. The van der Waals surface area contributed by atoms with Crippen LogP contribution in [-0.2, 0) is 34.6 Å². The monoisotopic (exact) mass is 1500 g/mol. The van der Waals surface area contributed by atoms with Gasteiger partial charge in [0.15, 0.2) is 18.6 Å². The lowest BCUT2D eigenvalue weighted by Gasteiger charge is -2.28. The first-order valence-corrected chi connectivity index (χ1v) is 41.0. The summed E-state index contributed by atoms with van der Waals surface area (Å²) in [5.74, 6) is 0. The molecule has 15 rings (SSSR count). The van der Waals surface area contributed by atoms with E-state index in [4.69, 9.17) is 0 Å². The molecule has 13 aromatic rings. The van der Waals surface area contributed by atoms with E-state index in [9.17, 15) is 0 Å². The summed E-state index contributed by atoms with van der Waals surface area (Å²) in [6, 6.07) is 88.1. The maximum atomic E-state index is 2.29. The molecule has 6 nitrogen and oxygen atoms in total. The molecule has 111 heavy (non-hydrogen) atoms. The lowest BCUT2D eigenvalue weighted by Crippen LogP contribution is -2.33. The maximum absolute atomic E-state index is 2.29. The maximum Gasteiger partial charge on any atom is 0.220 e. The van der Waals surface area contributed by atoms with E-state index in [1.807, 2.05) is 138 Å². The second-order valence-corrected chi connectivity index (χ2v) is 23.6. The van der Waals surface area contributed by atoms with Gasteiger partial charge in [-0.25, -0.2) is 13.7 Å². The van der Waals surface area contributed by atoms with Gasteiger partial charge >= 0.3 is 0 Å². The van der Waals surface area contributed by atoms with E-state index in [1.54, 1.807) is 0 Å². The number of benzene rings is 9. The van der Waals surface area contributed by atoms with Crippen LogP contribution < -0.4 is 23.2 Å². The summed E-state index contributed by atoms with van der Waals surface area (Å²) in [5.41, 5.74) is 25.2. The smallest absolute Gasteiger partial charge is 0.220 e. The summed E-state index contributed by atoms with van der Waals surface area (Å²) < 4.78 is 8.87. The summed E-state index contributed by atoms with van der Waals surface area (Å²) in [5, 5.41) is 6.43. The van der Waals surface area contributed by atoms with E-state index in [0.29, 0.717) is 6.17 Å². The number of para-hydroxylation sites is 2. The normalized spacial score (nSPS) is 10.7. The standard InChI is InChI=1S/C20H18N.3C17H16N.C12H16N2.10C2H6.2CH4/c1-14-10-11-17-16-8-4-3-7-15(16)13-18(17)20(14)19-9-5-6-12-21(19)2;1-13-7-3-6-10-16(13)17-11-14-8-4-5-9-15(14)12-18(17)2;1-13-7-3-5-9-15(13)17-16-10-6-4-8-14(16)11-12-18(17)2;1-13-7-3-5-9-15(13)17-12-11-14-8-4-6-10-16(14)18(17)2;1-10-6-4-5-7-12(10)14-9-8-13(3)11(14)2;10*1-2;;/h3-12H,13H2,1-2H3;3*3-12H,1-2H3;4-9,11H,1-3H3;10*1-2H3;2*1H4/q4*+1;;;;;;;;;;;;;/t;;;;11-;;;;;;;;;;;;/m....0............/s1. The molecule has 6 heteroatoms. The van der Waals surface area contributed by atoms with Crippen LogP contribution in [0.2, 0.25) is 0 Å². The second-order valence-electron chi connectivity index (χ2n) is 23.6. The number of pyridine rings is 4. The average molecular weight is 1500 g/mol.